The minimum Gasteiger partial charge on any atom is -0.341 e. The number of benzene rings is 1. The van der Waals surface area contributed by atoms with E-state index in [4.69, 9.17) is 0 Å². The van der Waals surface area contributed by atoms with Gasteiger partial charge in [-0.05, 0) is 55.2 Å². The maximum Gasteiger partial charge on any atom is 0.225 e. The quantitative estimate of drug-likeness (QED) is 0.679. The fourth-order valence-electron chi connectivity index (χ4n) is 3.30. The van der Waals surface area contributed by atoms with Crippen LogP contribution >= 0.6 is 0 Å². The summed E-state index contributed by atoms with van der Waals surface area (Å²) >= 11 is 0. The molecule has 2 aliphatic rings. The standard InChI is InChI=1S/C20H20N4O2/c25-18(16-4-6-17-15(11-16)5-8-19(26)23-17)7-3-14-12-21-20(22-13-14)24-9-1-2-10-24/h3-4,6-7,11-13H,1-2,5,8-10H2,(H,23,26)/b7-3-. The third-order valence-corrected chi connectivity index (χ3v) is 4.76. The van der Waals surface area contributed by atoms with Gasteiger partial charge < -0.3 is 10.2 Å². The Morgan fingerprint density at radius 2 is 1.88 bits per heavy atom. The first-order valence-electron chi connectivity index (χ1n) is 8.91. The summed E-state index contributed by atoms with van der Waals surface area (Å²) in [5, 5.41) is 2.82. The smallest absolute Gasteiger partial charge is 0.225 e. The maximum atomic E-state index is 12.4. The van der Waals surface area contributed by atoms with Gasteiger partial charge in [0.2, 0.25) is 11.9 Å². The van der Waals surface area contributed by atoms with E-state index in [0.29, 0.717) is 18.4 Å². The Hall–Kier alpha value is -3.02. The number of aryl methyl sites for hydroxylation is 1. The van der Waals surface area contributed by atoms with E-state index >= 15 is 0 Å². The van der Waals surface area contributed by atoms with Gasteiger partial charge in [-0.3, -0.25) is 9.59 Å². The Bertz CT molecular complexity index is 868. The number of hydrogen-bond acceptors (Lipinski definition) is 5. The molecule has 0 saturated carbocycles. The van der Waals surface area contributed by atoms with Gasteiger partial charge in [0.25, 0.3) is 0 Å². The fraction of sp³-hybridized carbons (Fsp3) is 0.300. The number of fused-ring (bicyclic) bond motifs is 1. The summed E-state index contributed by atoms with van der Waals surface area (Å²) in [6, 6.07) is 5.39. The zero-order chi connectivity index (χ0) is 17.9. The number of carbonyl (C=O) groups is 2. The highest BCUT2D eigenvalue weighted by Crippen LogP contribution is 2.24. The van der Waals surface area contributed by atoms with Gasteiger partial charge in [-0.2, -0.15) is 0 Å². The zero-order valence-electron chi connectivity index (χ0n) is 14.4. The summed E-state index contributed by atoms with van der Waals surface area (Å²) in [5.74, 6) is 0.699. The van der Waals surface area contributed by atoms with Crippen molar-refractivity contribution in [3.63, 3.8) is 0 Å². The number of nitrogens with zero attached hydrogens (tertiary/aromatic N) is 3. The van der Waals surface area contributed by atoms with Crippen LogP contribution in [0.2, 0.25) is 0 Å². The van der Waals surface area contributed by atoms with Crippen LogP contribution in [0.1, 0.15) is 40.7 Å². The van der Waals surface area contributed by atoms with Crippen LogP contribution in [-0.2, 0) is 11.2 Å². The Kier molecular flexibility index (Phi) is 4.48. The normalized spacial score (nSPS) is 16.6. The lowest BCUT2D eigenvalue weighted by Crippen LogP contribution is -2.20. The number of amides is 1. The van der Waals surface area contributed by atoms with E-state index in [2.05, 4.69) is 20.2 Å². The second kappa shape index (κ2) is 7.07. The van der Waals surface area contributed by atoms with Crippen LogP contribution in [0.5, 0.6) is 0 Å². The summed E-state index contributed by atoms with van der Waals surface area (Å²) in [7, 11) is 0. The summed E-state index contributed by atoms with van der Waals surface area (Å²) in [6.45, 7) is 2.01. The van der Waals surface area contributed by atoms with Gasteiger partial charge in [0, 0.05) is 48.7 Å². The number of anilines is 2. The van der Waals surface area contributed by atoms with Crippen molar-refractivity contribution < 1.29 is 9.59 Å². The molecule has 0 radical (unpaired) electrons. The molecule has 0 unspecified atom stereocenters. The van der Waals surface area contributed by atoms with Crippen LogP contribution in [0.4, 0.5) is 11.6 Å². The molecule has 1 saturated heterocycles. The topological polar surface area (TPSA) is 75.2 Å². The van der Waals surface area contributed by atoms with E-state index in [1.54, 1.807) is 30.6 Å². The highest BCUT2D eigenvalue weighted by atomic mass is 16.1. The second-order valence-electron chi connectivity index (χ2n) is 6.63. The van der Waals surface area contributed by atoms with E-state index in [-0.39, 0.29) is 11.7 Å². The molecule has 0 bridgehead atoms. The SMILES string of the molecule is O=C1CCc2cc(C(=O)/C=C\c3cnc(N4CCCC4)nc3)ccc2N1. The van der Waals surface area contributed by atoms with Crippen LogP contribution in [0.15, 0.2) is 36.7 Å². The van der Waals surface area contributed by atoms with Crippen LogP contribution < -0.4 is 10.2 Å². The van der Waals surface area contributed by atoms with Crippen molar-refractivity contribution in [1.82, 2.24) is 9.97 Å². The molecule has 2 aromatic rings. The zero-order valence-corrected chi connectivity index (χ0v) is 14.4. The van der Waals surface area contributed by atoms with Crippen LogP contribution in [-0.4, -0.2) is 34.7 Å². The van der Waals surface area contributed by atoms with Crippen LogP contribution in [0.3, 0.4) is 0 Å². The lowest BCUT2D eigenvalue weighted by atomic mass is 9.98. The molecule has 1 aromatic heterocycles. The Balaban J connectivity index is 1.45. The summed E-state index contributed by atoms with van der Waals surface area (Å²) in [6.07, 6.45) is 10.3. The first kappa shape index (κ1) is 16.4. The molecule has 4 rings (SSSR count). The number of aromatic nitrogens is 2. The average molecular weight is 348 g/mol. The van der Waals surface area contributed by atoms with Gasteiger partial charge in [0.05, 0.1) is 0 Å². The molecule has 1 N–H and O–H groups in total. The number of carbonyl (C=O) groups excluding carboxylic acids is 2. The van der Waals surface area contributed by atoms with Gasteiger partial charge in [0.15, 0.2) is 5.78 Å². The predicted octanol–water partition coefficient (Wildman–Crippen LogP) is 2.86. The number of ketones is 1. The van der Waals surface area contributed by atoms with E-state index in [9.17, 15) is 9.59 Å². The molecule has 2 aliphatic heterocycles. The first-order chi connectivity index (χ1) is 12.7. The third-order valence-electron chi connectivity index (χ3n) is 4.76. The molecule has 6 nitrogen and oxygen atoms in total. The lowest BCUT2D eigenvalue weighted by molar-refractivity contribution is -0.116. The van der Waals surface area contributed by atoms with Crippen molar-refractivity contribution in [3.05, 3.63) is 53.4 Å². The largest absolute Gasteiger partial charge is 0.341 e. The van der Waals surface area contributed by atoms with E-state index in [0.717, 1.165) is 35.9 Å². The maximum absolute atomic E-state index is 12.4. The van der Waals surface area contributed by atoms with Crippen LogP contribution in [0.25, 0.3) is 6.08 Å². The Morgan fingerprint density at radius 3 is 2.65 bits per heavy atom. The lowest BCUT2D eigenvalue weighted by Gasteiger charge is -2.16. The van der Waals surface area contributed by atoms with Gasteiger partial charge >= 0.3 is 0 Å². The molecule has 0 atom stereocenters. The molecule has 132 valence electrons. The molecule has 3 heterocycles. The monoisotopic (exact) mass is 348 g/mol. The number of hydrogen-bond donors (Lipinski definition) is 1. The molecule has 0 spiro atoms. The average Bonchev–Trinajstić information content (AvgIpc) is 3.21. The number of rotatable bonds is 4. The Morgan fingerprint density at radius 1 is 1.12 bits per heavy atom. The first-order valence-corrected chi connectivity index (χ1v) is 8.91. The van der Waals surface area contributed by atoms with Crippen molar-refractivity contribution in [2.75, 3.05) is 23.3 Å². The van der Waals surface area contributed by atoms with Crippen LogP contribution in [0, 0.1) is 0 Å². The van der Waals surface area contributed by atoms with Gasteiger partial charge in [0.1, 0.15) is 0 Å². The molecule has 6 heteroatoms. The predicted molar refractivity (Wildman–Crippen MR) is 100 cm³/mol. The van der Waals surface area contributed by atoms with Gasteiger partial charge in [-0.25, -0.2) is 9.97 Å². The molecular weight excluding hydrogens is 328 g/mol. The van der Waals surface area contributed by atoms with Crippen molar-refractivity contribution in [3.8, 4) is 0 Å². The molecule has 26 heavy (non-hydrogen) atoms. The third kappa shape index (κ3) is 3.49. The van der Waals surface area contributed by atoms with E-state index < -0.39 is 0 Å². The molecule has 0 aliphatic carbocycles. The van der Waals surface area contributed by atoms with Crippen molar-refractivity contribution in [2.24, 2.45) is 0 Å². The molecule has 1 fully saturated rings. The fourth-order valence-corrected chi connectivity index (χ4v) is 3.30. The van der Waals surface area contributed by atoms with Crippen molar-refractivity contribution in [2.45, 2.75) is 25.7 Å². The van der Waals surface area contributed by atoms with Crippen molar-refractivity contribution in [1.29, 1.82) is 0 Å². The van der Waals surface area contributed by atoms with E-state index in [1.807, 2.05) is 6.07 Å². The Labute approximate surface area is 152 Å². The summed E-state index contributed by atoms with van der Waals surface area (Å²) in [4.78, 5) is 34.8. The molecule has 1 aromatic carbocycles. The summed E-state index contributed by atoms with van der Waals surface area (Å²) in [5.41, 5.74) is 3.21. The second-order valence-corrected chi connectivity index (χ2v) is 6.63. The summed E-state index contributed by atoms with van der Waals surface area (Å²) < 4.78 is 0. The van der Waals surface area contributed by atoms with Gasteiger partial charge in [-0.15, -0.1) is 0 Å². The highest BCUT2D eigenvalue weighted by molar-refractivity contribution is 6.07. The van der Waals surface area contributed by atoms with Gasteiger partial charge in [-0.1, -0.05) is 0 Å². The number of nitrogens with one attached hydrogen (secondary N) is 1. The highest BCUT2D eigenvalue weighted by Gasteiger charge is 2.16. The minimum absolute atomic E-state index is 0.0221. The molecule has 1 amide bonds. The van der Waals surface area contributed by atoms with E-state index in [1.165, 1.54) is 18.9 Å². The van der Waals surface area contributed by atoms with Crippen molar-refractivity contribution >= 4 is 29.4 Å². The minimum atomic E-state index is -0.0756. The molecular formula is C20H20N4O2. The number of allylic oxidation sites excluding steroid dienone is 1.